The number of hydrogen-bond acceptors (Lipinski definition) is 3. The molecule has 5 heteroatoms. The number of halogens is 1. The maximum absolute atomic E-state index is 10.8. The van der Waals surface area contributed by atoms with Crippen molar-refractivity contribution in [3.63, 3.8) is 0 Å². The van der Waals surface area contributed by atoms with Gasteiger partial charge in [0.15, 0.2) is 5.82 Å². The van der Waals surface area contributed by atoms with Crippen molar-refractivity contribution < 1.29 is 9.90 Å². The Balaban J connectivity index is 2.48. The first kappa shape index (κ1) is 12.5. The molecule has 0 atom stereocenters. The van der Waals surface area contributed by atoms with E-state index in [2.05, 4.69) is 9.97 Å². The van der Waals surface area contributed by atoms with Gasteiger partial charge in [-0.25, -0.2) is 14.8 Å². The van der Waals surface area contributed by atoms with Gasteiger partial charge < -0.3 is 5.11 Å². The minimum absolute atomic E-state index is 0.0503. The molecule has 0 saturated heterocycles. The zero-order valence-corrected chi connectivity index (χ0v) is 10.7. The van der Waals surface area contributed by atoms with Gasteiger partial charge in [-0.05, 0) is 31.0 Å². The third kappa shape index (κ3) is 2.33. The highest BCUT2D eigenvalue weighted by Gasteiger charge is 2.12. The second-order valence-electron chi connectivity index (χ2n) is 4.00. The van der Waals surface area contributed by atoms with Crippen LogP contribution in [0.4, 0.5) is 0 Å². The number of aryl methyl sites for hydroxylation is 2. The highest BCUT2D eigenvalue weighted by Crippen LogP contribution is 2.21. The largest absolute Gasteiger partial charge is 0.478 e. The summed E-state index contributed by atoms with van der Waals surface area (Å²) in [6, 6.07) is 5.79. The van der Waals surface area contributed by atoms with Crippen molar-refractivity contribution in [3.8, 4) is 11.4 Å². The molecule has 0 radical (unpaired) electrons. The predicted molar refractivity (Wildman–Crippen MR) is 68.9 cm³/mol. The topological polar surface area (TPSA) is 63.1 Å². The molecule has 2 rings (SSSR count). The summed E-state index contributed by atoms with van der Waals surface area (Å²) in [6.07, 6.45) is 1.22. The third-order valence-corrected chi connectivity index (χ3v) is 3.03. The molecule has 0 aliphatic rings. The van der Waals surface area contributed by atoms with Crippen LogP contribution in [-0.2, 0) is 0 Å². The molecule has 1 heterocycles. The van der Waals surface area contributed by atoms with E-state index < -0.39 is 5.97 Å². The summed E-state index contributed by atoms with van der Waals surface area (Å²) in [7, 11) is 0. The van der Waals surface area contributed by atoms with Crippen molar-refractivity contribution in [1.82, 2.24) is 9.97 Å². The van der Waals surface area contributed by atoms with Crippen molar-refractivity contribution in [2.75, 3.05) is 0 Å². The van der Waals surface area contributed by atoms with Crippen LogP contribution < -0.4 is 0 Å². The molecule has 0 unspecified atom stereocenters. The van der Waals surface area contributed by atoms with E-state index in [1.807, 2.05) is 32.0 Å². The molecular formula is C13H11ClN2O2. The molecule has 4 nitrogen and oxygen atoms in total. The second-order valence-corrected chi connectivity index (χ2v) is 4.36. The van der Waals surface area contributed by atoms with Crippen molar-refractivity contribution in [1.29, 1.82) is 0 Å². The van der Waals surface area contributed by atoms with E-state index in [1.165, 1.54) is 11.8 Å². The number of carbonyl (C=O) groups is 1. The Bertz CT molecular complexity index is 626. The zero-order chi connectivity index (χ0) is 13.3. The summed E-state index contributed by atoms with van der Waals surface area (Å²) >= 11 is 5.81. The van der Waals surface area contributed by atoms with Crippen LogP contribution in [0.5, 0.6) is 0 Å². The summed E-state index contributed by atoms with van der Waals surface area (Å²) in [5, 5.41) is 8.79. The third-order valence-electron chi connectivity index (χ3n) is 2.74. The Morgan fingerprint density at radius 3 is 2.56 bits per heavy atom. The zero-order valence-electron chi connectivity index (χ0n) is 9.94. The molecule has 1 aromatic carbocycles. The molecule has 0 aliphatic carbocycles. The molecule has 18 heavy (non-hydrogen) atoms. The Morgan fingerprint density at radius 2 is 2.00 bits per heavy atom. The SMILES string of the molecule is Cc1ccc(-c2ncc(C(=O)O)c(Cl)n2)cc1C. The standard InChI is InChI=1S/C13H11ClN2O2/c1-7-3-4-9(5-8(7)2)12-15-6-10(13(17)18)11(14)16-12/h3-6H,1-2H3,(H,17,18). The average molecular weight is 263 g/mol. The minimum Gasteiger partial charge on any atom is -0.478 e. The van der Waals surface area contributed by atoms with E-state index >= 15 is 0 Å². The van der Waals surface area contributed by atoms with Crippen LogP contribution in [0, 0.1) is 13.8 Å². The van der Waals surface area contributed by atoms with Gasteiger partial charge in [0.25, 0.3) is 0 Å². The van der Waals surface area contributed by atoms with Gasteiger partial charge >= 0.3 is 5.97 Å². The first-order valence-electron chi connectivity index (χ1n) is 5.32. The number of carboxylic acids is 1. The van der Waals surface area contributed by atoms with Crippen molar-refractivity contribution >= 4 is 17.6 Å². The van der Waals surface area contributed by atoms with Crippen LogP contribution in [0.3, 0.4) is 0 Å². The van der Waals surface area contributed by atoms with Crippen LogP contribution in [0.15, 0.2) is 24.4 Å². The van der Waals surface area contributed by atoms with Gasteiger partial charge in [-0.1, -0.05) is 23.7 Å². The summed E-state index contributed by atoms with van der Waals surface area (Å²) < 4.78 is 0. The normalized spacial score (nSPS) is 10.4. The predicted octanol–water partition coefficient (Wildman–Crippen LogP) is 3.11. The van der Waals surface area contributed by atoms with E-state index in [1.54, 1.807) is 0 Å². The first-order valence-corrected chi connectivity index (χ1v) is 5.70. The summed E-state index contributed by atoms with van der Waals surface area (Å²) in [6.45, 7) is 4.01. The number of nitrogens with zero attached hydrogens (tertiary/aromatic N) is 2. The average Bonchev–Trinajstić information content (AvgIpc) is 2.32. The quantitative estimate of drug-likeness (QED) is 0.845. The maximum Gasteiger partial charge on any atom is 0.340 e. The molecule has 0 saturated carbocycles. The summed E-state index contributed by atoms with van der Waals surface area (Å²) in [5.41, 5.74) is 3.02. The van der Waals surface area contributed by atoms with Crippen LogP contribution in [-0.4, -0.2) is 21.0 Å². The molecule has 0 amide bonds. The number of benzene rings is 1. The van der Waals surface area contributed by atoms with Crippen molar-refractivity contribution in [3.05, 3.63) is 46.2 Å². The number of rotatable bonds is 2. The molecule has 0 bridgehead atoms. The molecule has 1 aromatic heterocycles. The van der Waals surface area contributed by atoms with Crippen molar-refractivity contribution in [2.45, 2.75) is 13.8 Å². The fourth-order valence-electron chi connectivity index (χ4n) is 1.52. The molecule has 0 spiro atoms. The molecule has 0 aliphatic heterocycles. The van der Waals surface area contributed by atoms with Crippen LogP contribution in [0.1, 0.15) is 21.5 Å². The number of aromatic nitrogens is 2. The maximum atomic E-state index is 10.8. The van der Waals surface area contributed by atoms with Gasteiger partial charge in [0.05, 0.1) is 0 Å². The molecule has 0 fully saturated rings. The van der Waals surface area contributed by atoms with Crippen molar-refractivity contribution in [2.24, 2.45) is 0 Å². The van der Waals surface area contributed by atoms with E-state index in [0.717, 1.165) is 11.1 Å². The van der Waals surface area contributed by atoms with Crippen LogP contribution in [0.25, 0.3) is 11.4 Å². The van der Waals surface area contributed by atoms with Gasteiger partial charge in [0.2, 0.25) is 0 Å². The van der Waals surface area contributed by atoms with Crippen LogP contribution in [0.2, 0.25) is 5.15 Å². The lowest BCUT2D eigenvalue weighted by atomic mass is 10.1. The highest BCUT2D eigenvalue weighted by atomic mass is 35.5. The fraction of sp³-hybridized carbons (Fsp3) is 0.154. The summed E-state index contributed by atoms with van der Waals surface area (Å²) in [4.78, 5) is 18.8. The van der Waals surface area contributed by atoms with Gasteiger partial charge in [0.1, 0.15) is 10.7 Å². The van der Waals surface area contributed by atoms with E-state index in [-0.39, 0.29) is 10.7 Å². The highest BCUT2D eigenvalue weighted by molar-refractivity contribution is 6.32. The number of hydrogen-bond donors (Lipinski definition) is 1. The Kier molecular flexibility index (Phi) is 3.30. The van der Waals surface area contributed by atoms with Gasteiger partial charge in [0, 0.05) is 11.8 Å². The smallest absolute Gasteiger partial charge is 0.340 e. The van der Waals surface area contributed by atoms with E-state index in [9.17, 15) is 4.79 Å². The minimum atomic E-state index is -1.13. The molecule has 2 aromatic rings. The monoisotopic (exact) mass is 262 g/mol. The summed E-state index contributed by atoms with van der Waals surface area (Å²) in [5.74, 6) is -0.709. The lowest BCUT2D eigenvalue weighted by Gasteiger charge is -2.05. The lowest BCUT2D eigenvalue weighted by Crippen LogP contribution is -2.02. The Morgan fingerprint density at radius 1 is 1.28 bits per heavy atom. The number of aromatic carboxylic acids is 1. The second kappa shape index (κ2) is 4.74. The Hall–Kier alpha value is -1.94. The first-order chi connectivity index (χ1) is 8.49. The Labute approximate surface area is 109 Å². The van der Waals surface area contributed by atoms with Gasteiger partial charge in [-0.2, -0.15) is 0 Å². The lowest BCUT2D eigenvalue weighted by molar-refractivity contribution is 0.0696. The van der Waals surface area contributed by atoms with Gasteiger partial charge in [-0.15, -0.1) is 0 Å². The van der Waals surface area contributed by atoms with Gasteiger partial charge in [-0.3, -0.25) is 0 Å². The van der Waals surface area contributed by atoms with Crippen LogP contribution >= 0.6 is 11.6 Å². The molecular weight excluding hydrogens is 252 g/mol. The molecule has 92 valence electrons. The molecule has 1 N–H and O–H groups in total. The fourth-order valence-corrected chi connectivity index (χ4v) is 1.73. The van der Waals surface area contributed by atoms with E-state index in [4.69, 9.17) is 16.7 Å². The van der Waals surface area contributed by atoms with E-state index in [0.29, 0.717) is 5.82 Å². The number of carboxylic acid groups (broad SMARTS) is 1.